The van der Waals surface area contributed by atoms with E-state index < -0.39 is 0 Å². The molecule has 0 saturated heterocycles. The molecule has 3 amide bonds. The molecule has 3 aromatic carbocycles. The van der Waals surface area contributed by atoms with Crippen molar-refractivity contribution in [2.24, 2.45) is 0 Å². The quantitative estimate of drug-likeness (QED) is 0.310. The number of para-hydroxylation sites is 2. The van der Waals surface area contributed by atoms with Gasteiger partial charge in [0.15, 0.2) is 0 Å². The first-order valence-electron chi connectivity index (χ1n) is 13.5. The maximum atomic E-state index is 14.3. The van der Waals surface area contributed by atoms with Crippen LogP contribution in [0.25, 0.3) is 5.69 Å². The Labute approximate surface area is 228 Å². The molecule has 2 heterocycles. The summed E-state index contributed by atoms with van der Waals surface area (Å²) in [5.41, 5.74) is 5.64. The summed E-state index contributed by atoms with van der Waals surface area (Å²) in [6.45, 7) is 4.56. The number of urea groups is 1. The van der Waals surface area contributed by atoms with E-state index in [2.05, 4.69) is 41.1 Å². The van der Waals surface area contributed by atoms with Crippen molar-refractivity contribution in [2.45, 2.75) is 38.8 Å². The number of nitrogens with zero attached hydrogens (tertiary/aromatic N) is 3. The Bertz CT molecular complexity index is 1510. The second-order valence-electron chi connectivity index (χ2n) is 10.1. The van der Waals surface area contributed by atoms with E-state index in [0.29, 0.717) is 12.3 Å². The van der Waals surface area contributed by atoms with Gasteiger partial charge in [0.05, 0.1) is 23.7 Å². The Kier molecular flexibility index (Phi) is 6.57. The number of hydrogen-bond acceptors (Lipinski definition) is 3. The molecule has 7 nitrogen and oxygen atoms in total. The summed E-state index contributed by atoms with van der Waals surface area (Å²) in [6.07, 6.45) is 3.83. The van der Waals surface area contributed by atoms with E-state index in [-0.39, 0.29) is 30.6 Å². The Hall–Kier alpha value is -4.52. The molecule has 7 heteroatoms. The zero-order chi connectivity index (χ0) is 26.9. The van der Waals surface area contributed by atoms with Crippen molar-refractivity contribution in [1.29, 1.82) is 0 Å². The van der Waals surface area contributed by atoms with Crippen LogP contribution in [0, 0.1) is 6.92 Å². The fraction of sp³-hybridized carbons (Fsp3) is 0.250. The SMILES string of the molecule is CCOc1ccc(NC(=O)N(CC(=O)N2c3ccccc3-n3cccc3C2c2cccc(C)c2)C2CC2)cc1. The second-order valence-corrected chi connectivity index (χ2v) is 10.1. The monoisotopic (exact) mass is 520 g/mol. The number of amides is 3. The van der Waals surface area contributed by atoms with Gasteiger partial charge in [0, 0.05) is 17.9 Å². The zero-order valence-electron chi connectivity index (χ0n) is 22.2. The Morgan fingerprint density at radius 1 is 0.949 bits per heavy atom. The number of benzene rings is 3. The molecular formula is C32H32N4O3. The number of aromatic nitrogens is 1. The second kappa shape index (κ2) is 10.3. The van der Waals surface area contributed by atoms with Crippen molar-refractivity contribution in [2.75, 3.05) is 23.4 Å². The lowest BCUT2D eigenvalue weighted by molar-refractivity contribution is -0.119. The number of carbonyl (C=O) groups excluding carboxylic acids is 2. The summed E-state index contributed by atoms with van der Waals surface area (Å²) in [5, 5.41) is 2.98. The van der Waals surface area contributed by atoms with Crippen LogP contribution in [0.15, 0.2) is 91.1 Å². The van der Waals surface area contributed by atoms with Gasteiger partial charge in [0.25, 0.3) is 0 Å². The van der Waals surface area contributed by atoms with Gasteiger partial charge in [-0.25, -0.2) is 4.79 Å². The maximum Gasteiger partial charge on any atom is 0.322 e. The average Bonchev–Trinajstić information content (AvgIpc) is 3.67. The highest BCUT2D eigenvalue weighted by molar-refractivity contribution is 6.01. The number of hydrogen-bond donors (Lipinski definition) is 1. The molecule has 1 aliphatic carbocycles. The molecule has 198 valence electrons. The summed E-state index contributed by atoms with van der Waals surface area (Å²) >= 11 is 0. The molecule has 1 atom stereocenters. The predicted molar refractivity (Wildman–Crippen MR) is 153 cm³/mol. The first kappa shape index (κ1) is 24.8. The molecule has 1 aliphatic heterocycles. The van der Waals surface area contributed by atoms with Crippen molar-refractivity contribution >= 4 is 23.3 Å². The first-order valence-corrected chi connectivity index (χ1v) is 13.5. The van der Waals surface area contributed by atoms with Gasteiger partial charge in [-0.3, -0.25) is 9.69 Å². The predicted octanol–water partition coefficient (Wildman–Crippen LogP) is 6.32. The Balaban J connectivity index is 1.31. The third kappa shape index (κ3) is 4.88. The fourth-order valence-corrected chi connectivity index (χ4v) is 5.39. The van der Waals surface area contributed by atoms with E-state index in [0.717, 1.165) is 46.8 Å². The van der Waals surface area contributed by atoms with E-state index in [1.165, 1.54) is 0 Å². The summed E-state index contributed by atoms with van der Waals surface area (Å²) in [4.78, 5) is 31.2. The molecule has 1 fully saturated rings. The van der Waals surface area contributed by atoms with Crippen molar-refractivity contribution in [3.63, 3.8) is 0 Å². The van der Waals surface area contributed by atoms with Crippen LogP contribution in [0.2, 0.25) is 0 Å². The van der Waals surface area contributed by atoms with Crippen LogP contribution in [-0.4, -0.2) is 40.6 Å². The van der Waals surface area contributed by atoms with E-state index in [1.807, 2.05) is 78.7 Å². The number of ether oxygens (including phenoxy) is 1. The Morgan fingerprint density at radius 2 is 1.72 bits per heavy atom. The van der Waals surface area contributed by atoms with Crippen LogP contribution in [0.3, 0.4) is 0 Å². The minimum absolute atomic E-state index is 0.00904. The molecule has 6 rings (SSSR count). The van der Waals surface area contributed by atoms with Gasteiger partial charge < -0.3 is 19.5 Å². The number of aryl methyl sites for hydroxylation is 1. The topological polar surface area (TPSA) is 66.8 Å². The van der Waals surface area contributed by atoms with Crippen LogP contribution >= 0.6 is 0 Å². The number of rotatable bonds is 7. The third-order valence-electron chi connectivity index (χ3n) is 7.32. The third-order valence-corrected chi connectivity index (χ3v) is 7.32. The number of nitrogens with one attached hydrogen (secondary N) is 1. The smallest absolute Gasteiger partial charge is 0.322 e. The van der Waals surface area contributed by atoms with Crippen LogP contribution in [0.1, 0.15) is 42.6 Å². The number of fused-ring (bicyclic) bond motifs is 3. The first-order chi connectivity index (χ1) is 19.0. The lowest BCUT2D eigenvalue weighted by Crippen LogP contribution is -2.48. The summed E-state index contributed by atoms with van der Waals surface area (Å²) in [6, 6.07) is 27.1. The highest BCUT2D eigenvalue weighted by Crippen LogP contribution is 2.42. The lowest BCUT2D eigenvalue weighted by atomic mass is 9.96. The van der Waals surface area contributed by atoms with Gasteiger partial charge in [-0.05, 0) is 80.8 Å². The number of carbonyl (C=O) groups is 2. The zero-order valence-corrected chi connectivity index (χ0v) is 22.2. The van der Waals surface area contributed by atoms with Crippen LogP contribution < -0.4 is 15.0 Å². The molecule has 1 aromatic heterocycles. The molecule has 0 spiro atoms. The minimum Gasteiger partial charge on any atom is -0.494 e. The average molecular weight is 521 g/mol. The fourth-order valence-electron chi connectivity index (χ4n) is 5.39. The summed E-state index contributed by atoms with van der Waals surface area (Å²) < 4.78 is 7.66. The molecule has 4 aromatic rings. The molecule has 39 heavy (non-hydrogen) atoms. The normalized spacial score (nSPS) is 15.7. The molecule has 1 N–H and O–H groups in total. The molecule has 1 saturated carbocycles. The van der Waals surface area contributed by atoms with Crippen molar-refractivity contribution in [1.82, 2.24) is 9.47 Å². The van der Waals surface area contributed by atoms with E-state index in [1.54, 1.807) is 4.90 Å². The standard InChI is InChI=1S/C32H32N4O3/c1-3-39-26-17-13-24(14-18-26)33-32(38)35(25-15-16-25)21-30(37)36-28-11-5-4-10-27(28)34-19-7-12-29(34)31(36)23-9-6-8-22(2)20-23/h4-14,17-20,25,31H,3,15-16,21H2,1-2H3,(H,33,38). The Morgan fingerprint density at radius 3 is 2.44 bits per heavy atom. The largest absolute Gasteiger partial charge is 0.494 e. The molecule has 1 unspecified atom stereocenters. The molecule has 2 aliphatic rings. The summed E-state index contributed by atoms with van der Waals surface area (Å²) in [7, 11) is 0. The summed E-state index contributed by atoms with van der Waals surface area (Å²) in [5.74, 6) is 0.635. The highest BCUT2D eigenvalue weighted by Gasteiger charge is 2.40. The number of anilines is 2. The highest BCUT2D eigenvalue weighted by atomic mass is 16.5. The minimum atomic E-state index is -0.308. The lowest BCUT2D eigenvalue weighted by Gasteiger charge is -2.39. The van der Waals surface area contributed by atoms with Gasteiger partial charge in [-0.1, -0.05) is 42.0 Å². The van der Waals surface area contributed by atoms with Gasteiger partial charge >= 0.3 is 6.03 Å². The van der Waals surface area contributed by atoms with Gasteiger partial charge in [0.2, 0.25) is 5.91 Å². The molecule has 0 bridgehead atoms. The van der Waals surface area contributed by atoms with Gasteiger partial charge in [-0.15, -0.1) is 0 Å². The van der Waals surface area contributed by atoms with Crippen molar-refractivity contribution < 1.29 is 14.3 Å². The van der Waals surface area contributed by atoms with E-state index >= 15 is 0 Å². The molecule has 0 radical (unpaired) electrons. The maximum absolute atomic E-state index is 14.3. The molecular weight excluding hydrogens is 488 g/mol. The van der Waals surface area contributed by atoms with Crippen LogP contribution in [-0.2, 0) is 4.79 Å². The van der Waals surface area contributed by atoms with Gasteiger partial charge in [-0.2, -0.15) is 0 Å². The van der Waals surface area contributed by atoms with Gasteiger partial charge in [0.1, 0.15) is 18.3 Å². The van der Waals surface area contributed by atoms with E-state index in [4.69, 9.17) is 4.74 Å². The van der Waals surface area contributed by atoms with Crippen molar-refractivity contribution in [3.8, 4) is 11.4 Å². The van der Waals surface area contributed by atoms with E-state index in [9.17, 15) is 9.59 Å². The van der Waals surface area contributed by atoms with Crippen LogP contribution in [0.5, 0.6) is 5.75 Å². The van der Waals surface area contributed by atoms with Crippen LogP contribution in [0.4, 0.5) is 16.2 Å². The van der Waals surface area contributed by atoms with Crippen molar-refractivity contribution in [3.05, 3.63) is 108 Å².